The highest BCUT2D eigenvalue weighted by atomic mass is 16.3. The van der Waals surface area contributed by atoms with Crippen molar-refractivity contribution in [2.75, 3.05) is 0 Å². The minimum Gasteiger partial charge on any atom is -0.441 e. The van der Waals surface area contributed by atoms with E-state index in [0.29, 0.717) is 18.0 Å². The van der Waals surface area contributed by atoms with E-state index in [1.807, 2.05) is 78.5 Å². The van der Waals surface area contributed by atoms with Crippen LogP contribution in [-0.4, -0.2) is 15.5 Å². The highest BCUT2D eigenvalue weighted by Gasteiger charge is 2.07. The molecule has 5 nitrogen and oxygen atoms in total. The van der Waals surface area contributed by atoms with Crippen molar-refractivity contribution in [3.63, 3.8) is 0 Å². The summed E-state index contributed by atoms with van der Waals surface area (Å²) in [4.78, 5) is 16.6. The van der Waals surface area contributed by atoms with E-state index in [4.69, 9.17) is 4.42 Å². The third kappa shape index (κ3) is 3.17. The Bertz CT molecular complexity index is 1010. The average Bonchev–Trinajstić information content (AvgIpc) is 3.28. The van der Waals surface area contributed by atoms with Crippen LogP contribution in [0, 0.1) is 6.92 Å². The number of nitrogens with one attached hydrogen (secondary N) is 1. The maximum atomic E-state index is 12.3. The Morgan fingerprint density at radius 2 is 1.88 bits per heavy atom. The zero-order valence-electron chi connectivity index (χ0n) is 13.8. The summed E-state index contributed by atoms with van der Waals surface area (Å²) >= 11 is 0. The van der Waals surface area contributed by atoms with Gasteiger partial charge in [-0.25, -0.2) is 4.98 Å². The van der Waals surface area contributed by atoms with E-state index in [-0.39, 0.29) is 5.91 Å². The van der Waals surface area contributed by atoms with Gasteiger partial charge in [-0.1, -0.05) is 6.07 Å². The van der Waals surface area contributed by atoms with Gasteiger partial charge in [-0.05, 0) is 54.1 Å². The molecular formula is C20H17N3O2. The van der Waals surface area contributed by atoms with E-state index < -0.39 is 0 Å². The van der Waals surface area contributed by atoms with Gasteiger partial charge in [0.05, 0.1) is 0 Å². The Kier molecular flexibility index (Phi) is 3.82. The molecule has 0 saturated carbocycles. The monoisotopic (exact) mass is 331 g/mol. The van der Waals surface area contributed by atoms with E-state index in [9.17, 15) is 4.79 Å². The van der Waals surface area contributed by atoms with E-state index in [2.05, 4.69) is 10.3 Å². The van der Waals surface area contributed by atoms with Crippen LogP contribution in [0.5, 0.6) is 0 Å². The second-order valence-electron chi connectivity index (χ2n) is 5.85. The van der Waals surface area contributed by atoms with Crippen LogP contribution < -0.4 is 5.32 Å². The Morgan fingerprint density at radius 1 is 1.12 bits per heavy atom. The molecule has 0 aliphatic heterocycles. The standard InChI is InChI=1S/C20H17N3O2/c1-14-22-18-12-15(4-9-19(18)25-14)13-21-20(24)16-5-7-17(8-6-16)23-10-2-3-11-23/h2-12H,13H2,1H3,(H,21,24). The lowest BCUT2D eigenvalue weighted by Crippen LogP contribution is -2.22. The molecule has 2 aromatic carbocycles. The molecule has 4 rings (SSSR count). The molecule has 0 fully saturated rings. The van der Waals surface area contributed by atoms with Crippen molar-refractivity contribution in [2.24, 2.45) is 0 Å². The van der Waals surface area contributed by atoms with Crippen LogP contribution in [0.3, 0.4) is 0 Å². The lowest BCUT2D eigenvalue weighted by atomic mass is 10.1. The van der Waals surface area contributed by atoms with Crippen LogP contribution >= 0.6 is 0 Å². The number of hydrogen-bond donors (Lipinski definition) is 1. The van der Waals surface area contributed by atoms with Crippen LogP contribution in [-0.2, 0) is 6.54 Å². The number of oxazole rings is 1. The van der Waals surface area contributed by atoms with Gasteiger partial charge in [0.25, 0.3) is 5.91 Å². The normalized spacial score (nSPS) is 10.9. The zero-order chi connectivity index (χ0) is 17.2. The number of aryl methyl sites for hydroxylation is 1. The lowest BCUT2D eigenvalue weighted by Gasteiger charge is -2.07. The molecule has 2 aromatic heterocycles. The molecular weight excluding hydrogens is 314 g/mol. The fraction of sp³-hybridized carbons (Fsp3) is 0.100. The van der Waals surface area contributed by atoms with Gasteiger partial charge in [0, 0.05) is 37.1 Å². The van der Waals surface area contributed by atoms with Crippen molar-refractivity contribution in [3.05, 3.63) is 84.0 Å². The first-order chi connectivity index (χ1) is 12.2. The van der Waals surface area contributed by atoms with Crippen molar-refractivity contribution in [1.82, 2.24) is 14.9 Å². The van der Waals surface area contributed by atoms with Crippen molar-refractivity contribution in [1.29, 1.82) is 0 Å². The molecule has 0 spiro atoms. The quantitative estimate of drug-likeness (QED) is 0.618. The summed E-state index contributed by atoms with van der Waals surface area (Å²) in [7, 11) is 0. The number of fused-ring (bicyclic) bond motifs is 1. The number of amides is 1. The lowest BCUT2D eigenvalue weighted by molar-refractivity contribution is 0.0951. The number of carbonyl (C=O) groups is 1. The molecule has 0 saturated heterocycles. The first kappa shape index (κ1) is 15.2. The molecule has 5 heteroatoms. The second kappa shape index (κ2) is 6.28. The van der Waals surface area contributed by atoms with Gasteiger partial charge in [-0.2, -0.15) is 0 Å². The Labute approximate surface area is 144 Å². The summed E-state index contributed by atoms with van der Waals surface area (Å²) in [6.45, 7) is 2.26. The first-order valence-corrected chi connectivity index (χ1v) is 8.07. The van der Waals surface area contributed by atoms with Crippen molar-refractivity contribution < 1.29 is 9.21 Å². The minimum atomic E-state index is -0.101. The van der Waals surface area contributed by atoms with Crippen molar-refractivity contribution in [2.45, 2.75) is 13.5 Å². The number of benzene rings is 2. The maximum Gasteiger partial charge on any atom is 0.251 e. The van der Waals surface area contributed by atoms with Crippen LogP contribution in [0.25, 0.3) is 16.8 Å². The van der Waals surface area contributed by atoms with E-state index in [1.165, 1.54) is 0 Å². The largest absolute Gasteiger partial charge is 0.441 e. The summed E-state index contributed by atoms with van der Waals surface area (Å²) in [5.74, 6) is 0.537. The van der Waals surface area contributed by atoms with Crippen LogP contribution in [0.1, 0.15) is 21.8 Å². The Morgan fingerprint density at radius 3 is 2.64 bits per heavy atom. The smallest absolute Gasteiger partial charge is 0.251 e. The summed E-state index contributed by atoms with van der Waals surface area (Å²) in [5.41, 5.74) is 4.20. The highest BCUT2D eigenvalue weighted by Crippen LogP contribution is 2.17. The fourth-order valence-corrected chi connectivity index (χ4v) is 2.77. The van der Waals surface area contributed by atoms with Gasteiger partial charge >= 0.3 is 0 Å². The molecule has 0 atom stereocenters. The molecule has 1 amide bonds. The van der Waals surface area contributed by atoms with Gasteiger partial charge < -0.3 is 14.3 Å². The molecule has 0 unspecified atom stereocenters. The zero-order valence-corrected chi connectivity index (χ0v) is 13.8. The van der Waals surface area contributed by atoms with Gasteiger partial charge in [-0.3, -0.25) is 4.79 Å². The minimum absolute atomic E-state index is 0.101. The average molecular weight is 331 g/mol. The Balaban J connectivity index is 1.44. The van der Waals surface area contributed by atoms with E-state index in [0.717, 1.165) is 22.4 Å². The summed E-state index contributed by atoms with van der Waals surface area (Å²) < 4.78 is 7.46. The van der Waals surface area contributed by atoms with Gasteiger partial charge in [0.1, 0.15) is 5.52 Å². The highest BCUT2D eigenvalue weighted by molar-refractivity contribution is 5.94. The predicted molar refractivity (Wildman–Crippen MR) is 95.7 cm³/mol. The SMILES string of the molecule is Cc1nc2cc(CNC(=O)c3ccc(-n4cccc4)cc3)ccc2o1. The number of hydrogen-bond acceptors (Lipinski definition) is 3. The molecule has 4 aromatic rings. The summed E-state index contributed by atoms with van der Waals surface area (Å²) in [6.07, 6.45) is 3.94. The molecule has 124 valence electrons. The topological polar surface area (TPSA) is 60.1 Å². The number of rotatable bonds is 4. The van der Waals surface area contributed by atoms with Crippen molar-refractivity contribution >= 4 is 17.0 Å². The first-order valence-electron chi connectivity index (χ1n) is 8.07. The van der Waals surface area contributed by atoms with Gasteiger partial charge in [0.15, 0.2) is 11.5 Å². The van der Waals surface area contributed by atoms with Crippen LogP contribution in [0.4, 0.5) is 0 Å². The molecule has 25 heavy (non-hydrogen) atoms. The third-order valence-corrected chi connectivity index (χ3v) is 4.04. The Hall–Kier alpha value is -3.34. The molecule has 0 bridgehead atoms. The van der Waals surface area contributed by atoms with E-state index >= 15 is 0 Å². The molecule has 0 aliphatic rings. The van der Waals surface area contributed by atoms with Crippen LogP contribution in [0.15, 0.2) is 71.4 Å². The number of aromatic nitrogens is 2. The molecule has 2 heterocycles. The second-order valence-corrected chi connectivity index (χ2v) is 5.85. The van der Waals surface area contributed by atoms with Crippen molar-refractivity contribution in [3.8, 4) is 5.69 Å². The van der Waals surface area contributed by atoms with Gasteiger partial charge in [0.2, 0.25) is 0 Å². The van der Waals surface area contributed by atoms with Crippen LogP contribution in [0.2, 0.25) is 0 Å². The number of carbonyl (C=O) groups excluding carboxylic acids is 1. The maximum absolute atomic E-state index is 12.3. The fourth-order valence-electron chi connectivity index (χ4n) is 2.77. The van der Waals surface area contributed by atoms with Gasteiger partial charge in [-0.15, -0.1) is 0 Å². The third-order valence-electron chi connectivity index (χ3n) is 4.04. The molecule has 1 N–H and O–H groups in total. The predicted octanol–water partition coefficient (Wildman–Crippen LogP) is 3.86. The summed E-state index contributed by atoms with van der Waals surface area (Å²) in [6, 6.07) is 17.2. The molecule has 0 aliphatic carbocycles. The number of nitrogens with zero attached hydrogens (tertiary/aromatic N) is 2. The van der Waals surface area contributed by atoms with E-state index in [1.54, 1.807) is 0 Å². The summed E-state index contributed by atoms with van der Waals surface area (Å²) in [5, 5.41) is 2.94. The molecule has 0 radical (unpaired) electrons.